The summed E-state index contributed by atoms with van der Waals surface area (Å²) in [5.41, 5.74) is 0.947. The lowest BCUT2D eigenvalue weighted by atomic mass is 10.5. The van der Waals surface area contributed by atoms with Crippen molar-refractivity contribution in [2.45, 2.75) is 13.8 Å². The van der Waals surface area contributed by atoms with Crippen LogP contribution in [-0.2, 0) is 0 Å². The molecule has 0 heterocycles. The third-order valence-electron chi connectivity index (χ3n) is 0.535. The van der Waals surface area contributed by atoms with Crippen LogP contribution in [0.3, 0.4) is 0 Å². The first-order valence-electron chi connectivity index (χ1n) is 2.34. The number of aliphatic imine (C=N–C) groups is 2. The molecule has 2 heteroatoms. The van der Waals surface area contributed by atoms with E-state index >= 15 is 0 Å². The van der Waals surface area contributed by atoms with Crippen molar-refractivity contribution >= 4 is 12.4 Å². The number of hydrogen-bond acceptors (Lipinski definition) is 2. The minimum Gasteiger partial charge on any atom is -0.246 e. The molecule has 0 bridgehead atoms. The van der Waals surface area contributed by atoms with E-state index in [1.165, 1.54) is 0 Å². The fourth-order valence-electron chi connectivity index (χ4n) is 0.293. The Morgan fingerprint density at radius 1 is 1.38 bits per heavy atom. The minimum absolute atomic E-state index is 0.477. The Bertz CT molecular complexity index is 129. The van der Waals surface area contributed by atoms with Gasteiger partial charge in [-0.2, -0.15) is 0 Å². The summed E-state index contributed by atoms with van der Waals surface area (Å²) in [7, 11) is 0. The monoisotopic (exact) mass is 110 g/mol. The van der Waals surface area contributed by atoms with Crippen LogP contribution >= 0.6 is 0 Å². The van der Waals surface area contributed by atoms with Gasteiger partial charge in [0, 0.05) is 5.71 Å². The van der Waals surface area contributed by atoms with Crippen LogP contribution in [0.25, 0.3) is 0 Å². The maximum absolute atomic E-state index is 3.89. The third kappa shape index (κ3) is 3.28. The van der Waals surface area contributed by atoms with Gasteiger partial charge in [0.2, 0.25) is 0 Å². The van der Waals surface area contributed by atoms with Crippen molar-refractivity contribution in [2.24, 2.45) is 9.98 Å². The second kappa shape index (κ2) is 3.13. The molecule has 0 saturated carbocycles. The summed E-state index contributed by atoms with van der Waals surface area (Å²) < 4.78 is 0. The van der Waals surface area contributed by atoms with E-state index in [0.29, 0.717) is 5.82 Å². The summed E-state index contributed by atoms with van der Waals surface area (Å²) in [5.74, 6) is 0.477. The van der Waals surface area contributed by atoms with Crippen LogP contribution in [0.4, 0.5) is 0 Å². The summed E-state index contributed by atoms with van der Waals surface area (Å²) in [4.78, 5) is 7.39. The minimum atomic E-state index is 0.477. The Morgan fingerprint density at radius 2 is 1.88 bits per heavy atom. The Hall–Kier alpha value is -0.920. The molecule has 0 amide bonds. The first kappa shape index (κ1) is 7.08. The fourth-order valence-corrected chi connectivity index (χ4v) is 0.293. The lowest BCUT2D eigenvalue weighted by molar-refractivity contribution is 1.26. The molecule has 0 unspecified atom stereocenters. The average molecular weight is 110 g/mol. The van der Waals surface area contributed by atoms with Crippen molar-refractivity contribution in [3.8, 4) is 0 Å². The fraction of sp³-hybridized carbons (Fsp3) is 0.333. The largest absolute Gasteiger partial charge is 0.246 e. The maximum Gasteiger partial charge on any atom is 0.143 e. The van der Waals surface area contributed by atoms with Crippen molar-refractivity contribution in [1.82, 2.24) is 0 Å². The van der Waals surface area contributed by atoms with E-state index in [0.717, 1.165) is 5.71 Å². The first-order valence-corrected chi connectivity index (χ1v) is 2.34. The first-order chi connectivity index (χ1) is 3.66. The highest BCUT2D eigenvalue weighted by Gasteiger charge is 1.78. The molecule has 0 aliphatic heterocycles. The lowest BCUT2D eigenvalue weighted by Gasteiger charge is -1.87. The summed E-state index contributed by atoms with van der Waals surface area (Å²) in [6.45, 7) is 10.5. The Kier molecular flexibility index (Phi) is 2.77. The highest BCUT2D eigenvalue weighted by Crippen LogP contribution is 1.91. The van der Waals surface area contributed by atoms with Gasteiger partial charge in [0.25, 0.3) is 0 Å². The van der Waals surface area contributed by atoms with Crippen LogP contribution in [0.1, 0.15) is 13.8 Å². The zero-order chi connectivity index (χ0) is 6.57. The highest BCUT2D eigenvalue weighted by molar-refractivity contribution is 5.80. The van der Waals surface area contributed by atoms with Crippen LogP contribution in [0.5, 0.6) is 0 Å². The zero-order valence-electron chi connectivity index (χ0n) is 5.31. The summed E-state index contributed by atoms with van der Waals surface area (Å²) in [6, 6.07) is 0. The second-order valence-corrected chi connectivity index (χ2v) is 1.63. The van der Waals surface area contributed by atoms with Gasteiger partial charge in [-0.3, -0.25) is 0 Å². The topological polar surface area (TPSA) is 24.7 Å². The van der Waals surface area contributed by atoms with Crippen LogP contribution in [0.15, 0.2) is 22.4 Å². The van der Waals surface area contributed by atoms with Gasteiger partial charge in [0.15, 0.2) is 0 Å². The van der Waals surface area contributed by atoms with Crippen LogP contribution in [0, 0.1) is 0 Å². The molecule has 0 aliphatic carbocycles. The van der Waals surface area contributed by atoms with E-state index in [-0.39, 0.29) is 0 Å². The number of hydrogen-bond donors (Lipinski definition) is 0. The van der Waals surface area contributed by atoms with E-state index in [4.69, 9.17) is 0 Å². The van der Waals surface area contributed by atoms with Crippen LogP contribution < -0.4 is 0 Å². The molecule has 2 nitrogen and oxygen atoms in total. The molecular weight excluding hydrogens is 100 g/mol. The SMILES string of the molecule is C=NC(=C)N=C(C)C. The molecular formula is C6H10N2. The van der Waals surface area contributed by atoms with Crippen molar-refractivity contribution in [3.05, 3.63) is 12.4 Å². The van der Waals surface area contributed by atoms with Crippen molar-refractivity contribution in [3.63, 3.8) is 0 Å². The van der Waals surface area contributed by atoms with Crippen molar-refractivity contribution in [1.29, 1.82) is 0 Å². The Balaban J connectivity index is 3.89. The average Bonchev–Trinajstić information content (AvgIpc) is 1.65. The van der Waals surface area contributed by atoms with Gasteiger partial charge in [0.1, 0.15) is 5.82 Å². The maximum atomic E-state index is 3.89. The molecule has 0 aromatic rings. The lowest BCUT2D eigenvalue weighted by Crippen LogP contribution is -1.79. The van der Waals surface area contributed by atoms with Gasteiger partial charge >= 0.3 is 0 Å². The molecule has 0 fully saturated rings. The molecule has 0 aliphatic rings. The molecule has 0 atom stereocenters. The molecule has 0 saturated heterocycles. The number of rotatable bonds is 2. The van der Waals surface area contributed by atoms with E-state index in [1.54, 1.807) is 0 Å². The van der Waals surface area contributed by atoms with Gasteiger partial charge in [-0.1, -0.05) is 6.58 Å². The summed E-state index contributed by atoms with van der Waals surface area (Å²) >= 11 is 0. The Morgan fingerprint density at radius 3 is 2.00 bits per heavy atom. The summed E-state index contributed by atoms with van der Waals surface area (Å²) in [6.07, 6.45) is 0. The molecule has 0 aromatic heterocycles. The van der Waals surface area contributed by atoms with Crippen molar-refractivity contribution < 1.29 is 0 Å². The smallest absolute Gasteiger partial charge is 0.143 e. The van der Waals surface area contributed by atoms with E-state index < -0.39 is 0 Å². The molecule has 0 N–H and O–H groups in total. The highest BCUT2D eigenvalue weighted by atomic mass is 14.9. The van der Waals surface area contributed by atoms with E-state index in [1.807, 2.05) is 13.8 Å². The van der Waals surface area contributed by atoms with E-state index in [9.17, 15) is 0 Å². The predicted molar refractivity (Wildman–Crippen MR) is 37.5 cm³/mol. The molecule has 0 aromatic carbocycles. The molecule has 0 spiro atoms. The zero-order valence-corrected chi connectivity index (χ0v) is 5.31. The standard InChI is InChI=1S/C6H10N2/c1-5(2)8-6(3)7-4/h3-4H2,1-2H3. The number of nitrogens with zero attached hydrogens (tertiary/aromatic N) is 2. The van der Waals surface area contributed by atoms with Gasteiger partial charge in [-0.25, -0.2) is 9.98 Å². The van der Waals surface area contributed by atoms with Gasteiger partial charge in [-0.15, -0.1) is 0 Å². The quantitative estimate of drug-likeness (QED) is 0.483. The third-order valence-corrected chi connectivity index (χ3v) is 0.535. The van der Waals surface area contributed by atoms with Crippen molar-refractivity contribution in [2.75, 3.05) is 0 Å². The van der Waals surface area contributed by atoms with Crippen LogP contribution in [-0.4, -0.2) is 12.4 Å². The molecule has 0 radical (unpaired) electrons. The second-order valence-electron chi connectivity index (χ2n) is 1.63. The molecule has 8 heavy (non-hydrogen) atoms. The van der Waals surface area contributed by atoms with E-state index in [2.05, 4.69) is 23.3 Å². The normalized spacial score (nSPS) is 7.75. The predicted octanol–water partition coefficient (Wildman–Crippen LogP) is 1.64. The summed E-state index contributed by atoms with van der Waals surface area (Å²) in [5, 5.41) is 0. The molecule has 44 valence electrons. The van der Waals surface area contributed by atoms with Gasteiger partial charge in [0.05, 0.1) is 0 Å². The van der Waals surface area contributed by atoms with Gasteiger partial charge < -0.3 is 0 Å². The Labute approximate surface area is 49.7 Å². The van der Waals surface area contributed by atoms with Crippen LogP contribution in [0.2, 0.25) is 0 Å². The molecule has 0 rings (SSSR count). The van der Waals surface area contributed by atoms with Gasteiger partial charge in [-0.05, 0) is 20.6 Å².